The number of nitrogens with one attached hydrogen (secondary N) is 1. The van der Waals surface area contributed by atoms with Gasteiger partial charge in [-0.1, -0.05) is 46.8 Å². The number of ether oxygens (including phenoxy) is 1. The number of rotatable bonds is 5. The first kappa shape index (κ1) is 18.3. The van der Waals surface area contributed by atoms with Crippen molar-refractivity contribution >= 4 is 39.4 Å². The van der Waals surface area contributed by atoms with Gasteiger partial charge >= 0.3 is 5.97 Å². The zero-order chi connectivity index (χ0) is 16.8. The van der Waals surface area contributed by atoms with E-state index in [1.807, 2.05) is 6.07 Å². The molecule has 1 atom stereocenters. The Morgan fingerprint density at radius 3 is 2.70 bits per heavy atom. The Balaban J connectivity index is 2.08. The summed E-state index contributed by atoms with van der Waals surface area (Å²) in [6, 6.07) is 4.68. The highest BCUT2D eigenvalue weighted by molar-refractivity contribution is 9.10. The maximum atomic E-state index is 12.4. The van der Waals surface area contributed by atoms with Crippen molar-refractivity contribution in [3.63, 3.8) is 0 Å². The van der Waals surface area contributed by atoms with E-state index in [0.717, 1.165) is 35.7 Å². The molecule has 0 heterocycles. The molecule has 0 aromatic heterocycles. The average molecular weight is 403 g/mol. The van der Waals surface area contributed by atoms with Crippen molar-refractivity contribution in [3.05, 3.63) is 33.3 Å². The maximum absolute atomic E-state index is 12.4. The summed E-state index contributed by atoms with van der Waals surface area (Å²) in [7, 11) is 1.33. The summed E-state index contributed by atoms with van der Waals surface area (Å²) in [4.78, 5) is 24.5. The minimum Gasteiger partial charge on any atom is -0.467 e. The molecule has 4 nitrogen and oxygen atoms in total. The second-order valence-corrected chi connectivity index (χ2v) is 7.15. The first-order chi connectivity index (χ1) is 11.0. The summed E-state index contributed by atoms with van der Waals surface area (Å²) in [6.07, 6.45) is 5.44. The summed E-state index contributed by atoms with van der Waals surface area (Å²) in [5, 5.41) is 3.44. The normalized spacial score (nSPS) is 16.7. The number of carbonyl (C=O) groups excluding carboxylic acids is 2. The Morgan fingerprint density at radius 2 is 2.04 bits per heavy atom. The van der Waals surface area contributed by atoms with Crippen LogP contribution in [0.25, 0.3) is 0 Å². The number of hydrogen-bond donors (Lipinski definition) is 1. The summed E-state index contributed by atoms with van der Waals surface area (Å²) in [5.41, 5.74) is 0.858. The van der Waals surface area contributed by atoms with Crippen LogP contribution in [-0.2, 0) is 20.7 Å². The van der Waals surface area contributed by atoms with E-state index in [2.05, 4.69) is 21.2 Å². The lowest BCUT2D eigenvalue weighted by atomic mass is 9.88. The molecule has 1 N–H and O–H groups in total. The Labute approximate surface area is 150 Å². The average Bonchev–Trinajstić information content (AvgIpc) is 2.57. The van der Waals surface area contributed by atoms with E-state index in [-0.39, 0.29) is 11.8 Å². The van der Waals surface area contributed by atoms with E-state index in [0.29, 0.717) is 11.4 Å². The zero-order valence-electron chi connectivity index (χ0n) is 13.1. The monoisotopic (exact) mass is 401 g/mol. The first-order valence-electron chi connectivity index (χ1n) is 7.83. The molecule has 1 saturated carbocycles. The topological polar surface area (TPSA) is 55.4 Å². The van der Waals surface area contributed by atoms with E-state index in [9.17, 15) is 9.59 Å². The fourth-order valence-electron chi connectivity index (χ4n) is 2.91. The molecule has 0 saturated heterocycles. The number of hydrogen-bond acceptors (Lipinski definition) is 3. The van der Waals surface area contributed by atoms with E-state index in [4.69, 9.17) is 16.3 Å². The van der Waals surface area contributed by atoms with Crippen LogP contribution in [0.3, 0.4) is 0 Å². The van der Waals surface area contributed by atoms with Crippen LogP contribution in [0.1, 0.15) is 37.7 Å². The molecule has 0 radical (unpaired) electrons. The highest BCUT2D eigenvalue weighted by atomic mass is 79.9. The van der Waals surface area contributed by atoms with Gasteiger partial charge in [-0.15, -0.1) is 0 Å². The summed E-state index contributed by atoms with van der Waals surface area (Å²) < 4.78 is 5.69. The van der Waals surface area contributed by atoms with Crippen molar-refractivity contribution in [1.82, 2.24) is 5.32 Å². The lowest BCUT2D eigenvalue weighted by Crippen LogP contribution is -2.45. The Kier molecular flexibility index (Phi) is 6.90. The number of halogens is 2. The lowest BCUT2D eigenvalue weighted by Gasteiger charge is -2.24. The van der Waals surface area contributed by atoms with E-state index < -0.39 is 12.0 Å². The Morgan fingerprint density at radius 1 is 1.35 bits per heavy atom. The molecular weight excluding hydrogens is 382 g/mol. The molecule has 1 aliphatic rings. The van der Waals surface area contributed by atoms with E-state index >= 15 is 0 Å². The van der Waals surface area contributed by atoms with Gasteiger partial charge in [-0.05, 0) is 36.6 Å². The molecule has 1 aliphatic carbocycles. The molecule has 6 heteroatoms. The Bertz CT molecular complexity index is 573. The summed E-state index contributed by atoms with van der Waals surface area (Å²) >= 11 is 9.47. The number of esters is 1. The van der Waals surface area contributed by atoms with Gasteiger partial charge in [0.1, 0.15) is 6.04 Å². The molecule has 0 aliphatic heterocycles. The van der Waals surface area contributed by atoms with Gasteiger partial charge in [0.05, 0.1) is 7.11 Å². The van der Waals surface area contributed by atoms with Crippen LogP contribution in [0.4, 0.5) is 0 Å². The number of carbonyl (C=O) groups is 2. The third kappa shape index (κ3) is 5.21. The van der Waals surface area contributed by atoms with Crippen molar-refractivity contribution < 1.29 is 14.3 Å². The minimum absolute atomic E-state index is 0.00120. The SMILES string of the molecule is COC(=O)[C@@H](Cc1cc(Cl)ccc1Br)NC(=O)C1CCCCC1. The molecule has 0 bridgehead atoms. The standard InChI is InChI=1S/C17H21BrClNO3/c1-23-17(22)15(10-12-9-13(19)7-8-14(12)18)20-16(21)11-5-3-2-4-6-11/h7-9,11,15H,2-6,10H2,1H3,(H,20,21)/t15-/m1/s1. The quantitative estimate of drug-likeness (QED) is 0.760. The summed E-state index contributed by atoms with van der Waals surface area (Å²) in [6.45, 7) is 0. The largest absolute Gasteiger partial charge is 0.467 e. The number of amides is 1. The lowest BCUT2D eigenvalue weighted by molar-refractivity contribution is -0.145. The Hall–Kier alpha value is -1.07. The number of benzene rings is 1. The third-order valence-electron chi connectivity index (χ3n) is 4.21. The molecule has 23 heavy (non-hydrogen) atoms. The predicted molar refractivity (Wildman–Crippen MR) is 93.4 cm³/mol. The van der Waals surface area contributed by atoms with Crippen LogP contribution in [-0.4, -0.2) is 25.0 Å². The van der Waals surface area contributed by atoms with Crippen molar-refractivity contribution in [3.8, 4) is 0 Å². The van der Waals surface area contributed by atoms with Gasteiger partial charge in [0, 0.05) is 21.8 Å². The molecule has 1 amide bonds. The van der Waals surface area contributed by atoms with Gasteiger partial charge in [-0.2, -0.15) is 0 Å². The molecule has 1 aromatic carbocycles. The van der Waals surface area contributed by atoms with Crippen molar-refractivity contribution in [2.75, 3.05) is 7.11 Å². The van der Waals surface area contributed by atoms with Gasteiger partial charge < -0.3 is 10.1 Å². The van der Waals surface area contributed by atoms with Gasteiger partial charge in [-0.25, -0.2) is 4.79 Å². The first-order valence-corrected chi connectivity index (χ1v) is 9.00. The molecule has 1 aromatic rings. The van der Waals surface area contributed by atoms with Gasteiger partial charge in [-0.3, -0.25) is 4.79 Å². The highest BCUT2D eigenvalue weighted by Crippen LogP contribution is 2.25. The maximum Gasteiger partial charge on any atom is 0.328 e. The zero-order valence-corrected chi connectivity index (χ0v) is 15.5. The van der Waals surface area contributed by atoms with Crippen molar-refractivity contribution in [2.45, 2.75) is 44.6 Å². The molecule has 0 unspecified atom stereocenters. The fraction of sp³-hybridized carbons (Fsp3) is 0.529. The van der Waals surface area contributed by atoms with Crippen molar-refractivity contribution in [1.29, 1.82) is 0 Å². The fourth-order valence-corrected chi connectivity index (χ4v) is 3.51. The van der Waals surface area contributed by atoms with Gasteiger partial charge in [0.25, 0.3) is 0 Å². The van der Waals surface area contributed by atoms with Crippen LogP contribution in [0, 0.1) is 5.92 Å². The molecule has 0 spiro atoms. The summed E-state index contributed by atoms with van der Waals surface area (Å²) in [5.74, 6) is -0.502. The second-order valence-electron chi connectivity index (χ2n) is 5.86. The van der Waals surface area contributed by atoms with Crippen LogP contribution in [0.15, 0.2) is 22.7 Å². The minimum atomic E-state index is -0.704. The van der Waals surface area contributed by atoms with Gasteiger partial charge in [0.15, 0.2) is 0 Å². The van der Waals surface area contributed by atoms with E-state index in [1.165, 1.54) is 13.5 Å². The third-order valence-corrected chi connectivity index (χ3v) is 5.22. The molecule has 126 valence electrons. The predicted octanol–water partition coefficient (Wildman–Crippen LogP) is 3.88. The van der Waals surface area contributed by atoms with Crippen LogP contribution in [0.5, 0.6) is 0 Å². The molecule has 1 fully saturated rings. The second kappa shape index (κ2) is 8.69. The highest BCUT2D eigenvalue weighted by Gasteiger charge is 2.27. The van der Waals surface area contributed by atoms with Gasteiger partial charge in [0.2, 0.25) is 5.91 Å². The van der Waals surface area contributed by atoms with Crippen LogP contribution >= 0.6 is 27.5 Å². The van der Waals surface area contributed by atoms with Crippen molar-refractivity contribution in [2.24, 2.45) is 5.92 Å². The molecule has 2 rings (SSSR count). The number of methoxy groups -OCH3 is 1. The smallest absolute Gasteiger partial charge is 0.328 e. The molecular formula is C17H21BrClNO3. The van der Waals surface area contributed by atoms with Crippen LogP contribution < -0.4 is 5.32 Å². The van der Waals surface area contributed by atoms with E-state index in [1.54, 1.807) is 12.1 Å². The van der Waals surface area contributed by atoms with Crippen LogP contribution in [0.2, 0.25) is 5.02 Å².